The number of nitrogens with zero attached hydrogens (tertiary/aromatic N) is 2. The molecule has 114 valence electrons. The Balaban J connectivity index is 2.84. The highest BCUT2D eigenvalue weighted by molar-refractivity contribution is 7.99. The van der Waals surface area contributed by atoms with Crippen LogP contribution in [0.3, 0.4) is 0 Å². The minimum absolute atomic E-state index is 0.167. The largest absolute Gasteiger partial charge is 0.480 e. The monoisotopic (exact) mass is 303 g/mol. The normalized spacial score (nSPS) is 18.9. The number of hydrogen-bond donors (Lipinski definition) is 2. The lowest BCUT2D eigenvalue weighted by Crippen LogP contribution is -2.56. The molecular formula is C12H21N3O4S. The fraction of sp³-hybridized carbons (Fsp3) is 0.750. The predicted molar refractivity (Wildman–Crippen MR) is 76.5 cm³/mol. The molecule has 1 saturated heterocycles. The highest BCUT2D eigenvalue weighted by atomic mass is 32.2. The first-order valence-corrected chi connectivity index (χ1v) is 7.62. The molecule has 1 fully saturated rings. The van der Waals surface area contributed by atoms with Gasteiger partial charge in [-0.1, -0.05) is 13.8 Å². The van der Waals surface area contributed by atoms with E-state index in [0.717, 1.165) is 0 Å². The van der Waals surface area contributed by atoms with Crippen molar-refractivity contribution in [1.29, 1.82) is 0 Å². The Morgan fingerprint density at radius 3 is 2.60 bits per heavy atom. The molecule has 0 bridgehead atoms. The Labute approximate surface area is 122 Å². The third-order valence-corrected chi connectivity index (χ3v) is 3.88. The topological polar surface area (TPSA) is 104 Å². The molecule has 1 atom stereocenters. The Hall–Kier alpha value is -1.44. The van der Waals surface area contributed by atoms with E-state index in [2.05, 4.69) is 0 Å². The van der Waals surface area contributed by atoms with Crippen LogP contribution >= 0.6 is 11.8 Å². The Morgan fingerprint density at radius 2 is 2.10 bits per heavy atom. The Morgan fingerprint density at radius 1 is 1.45 bits per heavy atom. The minimum atomic E-state index is -1.02. The second kappa shape index (κ2) is 7.37. The van der Waals surface area contributed by atoms with Gasteiger partial charge in [-0.2, -0.15) is 11.8 Å². The summed E-state index contributed by atoms with van der Waals surface area (Å²) in [5.41, 5.74) is 5.16. The maximum atomic E-state index is 12.5. The lowest BCUT2D eigenvalue weighted by Gasteiger charge is -2.36. The van der Waals surface area contributed by atoms with Gasteiger partial charge in [-0.3, -0.25) is 4.79 Å². The van der Waals surface area contributed by atoms with E-state index in [4.69, 9.17) is 5.73 Å². The van der Waals surface area contributed by atoms with Gasteiger partial charge in [0.15, 0.2) is 0 Å². The third kappa shape index (κ3) is 4.59. The lowest BCUT2D eigenvalue weighted by atomic mass is 10.2. The summed E-state index contributed by atoms with van der Waals surface area (Å²) in [6, 6.07) is -1.27. The molecule has 3 amide bonds. The van der Waals surface area contributed by atoms with E-state index in [9.17, 15) is 19.5 Å². The molecule has 0 radical (unpaired) electrons. The van der Waals surface area contributed by atoms with Crippen LogP contribution in [0.4, 0.5) is 4.79 Å². The van der Waals surface area contributed by atoms with E-state index in [1.807, 2.05) is 13.8 Å². The fourth-order valence-electron chi connectivity index (χ4n) is 2.06. The number of amides is 3. The fourth-order valence-corrected chi connectivity index (χ4v) is 3.10. The van der Waals surface area contributed by atoms with Gasteiger partial charge in [0.1, 0.15) is 12.6 Å². The van der Waals surface area contributed by atoms with E-state index in [1.54, 1.807) is 0 Å². The second-order valence-corrected chi connectivity index (χ2v) is 6.30. The van der Waals surface area contributed by atoms with Crippen molar-refractivity contribution in [3.05, 3.63) is 0 Å². The standard InChI is InChI=1S/C12H21N3O4S/c1-8(2)5-14(6-10(13)16)12(19)15-3-4-20-7-9(15)11(17)18/h8-9H,3-7H2,1-2H3,(H2,13,16)(H,17,18). The molecule has 0 aliphatic carbocycles. The molecular weight excluding hydrogens is 282 g/mol. The number of hydrogen-bond acceptors (Lipinski definition) is 4. The predicted octanol–water partition coefficient (Wildman–Crippen LogP) is 0.0517. The SMILES string of the molecule is CC(C)CN(CC(N)=O)C(=O)N1CCSCC1C(=O)O. The van der Waals surface area contributed by atoms with Gasteiger partial charge in [0.25, 0.3) is 0 Å². The number of carboxylic acid groups (broad SMARTS) is 1. The second-order valence-electron chi connectivity index (χ2n) is 5.15. The molecule has 3 N–H and O–H groups in total. The zero-order valence-corrected chi connectivity index (χ0v) is 12.6. The van der Waals surface area contributed by atoms with Gasteiger partial charge in [-0.25, -0.2) is 9.59 Å². The van der Waals surface area contributed by atoms with Crippen LogP contribution in [0.25, 0.3) is 0 Å². The van der Waals surface area contributed by atoms with Crippen molar-refractivity contribution in [3.63, 3.8) is 0 Å². The van der Waals surface area contributed by atoms with Gasteiger partial charge in [0, 0.05) is 24.6 Å². The number of nitrogens with two attached hydrogens (primary N) is 1. The molecule has 1 aliphatic rings. The van der Waals surface area contributed by atoms with Crippen molar-refractivity contribution in [1.82, 2.24) is 9.80 Å². The zero-order valence-electron chi connectivity index (χ0n) is 11.7. The summed E-state index contributed by atoms with van der Waals surface area (Å²) in [5, 5.41) is 9.19. The number of aliphatic carboxylic acids is 1. The summed E-state index contributed by atoms with van der Waals surface area (Å²) >= 11 is 1.51. The first-order chi connectivity index (χ1) is 9.32. The molecule has 0 aromatic carbocycles. The van der Waals surface area contributed by atoms with Crippen molar-refractivity contribution in [3.8, 4) is 0 Å². The summed E-state index contributed by atoms with van der Waals surface area (Å²) in [6.07, 6.45) is 0. The van der Waals surface area contributed by atoms with Gasteiger partial charge in [-0.15, -0.1) is 0 Å². The van der Waals surface area contributed by atoms with Crippen LogP contribution in [0, 0.1) is 5.92 Å². The molecule has 8 heteroatoms. The number of rotatable bonds is 5. The lowest BCUT2D eigenvalue weighted by molar-refractivity contribution is -0.141. The van der Waals surface area contributed by atoms with Crippen LogP contribution in [0.2, 0.25) is 0 Å². The molecule has 0 saturated carbocycles. The molecule has 0 aromatic rings. The number of carboxylic acids is 1. The molecule has 20 heavy (non-hydrogen) atoms. The van der Waals surface area contributed by atoms with Crippen molar-refractivity contribution < 1.29 is 19.5 Å². The number of urea groups is 1. The Bertz CT molecular complexity index is 389. The van der Waals surface area contributed by atoms with Crippen LogP contribution < -0.4 is 5.73 Å². The molecule has 0 aromatic heterocycles. The van der Waals surface area contributed by atoms with Gasteiger partial charge in [0.2, 0.25) is 5.91 Å². The molecule has 0 spiro atoms. The van der Waals surface area contributed by atoms with Crippen molar-refractivity contribution in [2.24, 2.45) is 11.7 Å². The summed E-state index contributed by atoms with van der Waals surface area (Å²) < 4.78 is 0. The average molecular weight is 303 g/mol. The third-order valence-electron chi connectivity index (χ3n) is 2.86. The maximum absolute atomic E-state index is 12.5. The van der Waals surface area contributed by atoms with E-state index >= 15 is 0 Å². The van der Waals surface area contributed by atoms with Crippen LogP contribution in [0.1, 0.15) is 13.8 Å². The Kier molecular flexibility index (Phi) is 6.12. The highest BCUT2D eigenvalue weighted by Crippen LogP contribution is 2.19. The van der Waals surface area contributed by atoms with Crippen LogP contribution in [-0.4, -0.2) is 70.0 Å². The summed E-state index contributed by atoms with van der Waals surface area (Å²) in [4.78, 5) is 37.4. The number of thioether (sulfide) groups is 1. The van der Waals surface area contributed by atoms with E-state index < -0.39 is 23.9 Å². The van der Waals surface area contributed by atoms with Crippen LogP contribution in [-0.2, 0) is 9.59 Å². The smallest absolute Gasteiger partial charge is 0.327 e. The number of carbonyl (C=O) groups is 3. The van der Waals surface area contributed by atoms with Crippen molar-refractivity contribution >= 4 is 29.7 Å². The maximum Gasteiger partial charge on any atom is 0.327 e. The summed E-state index contributed by atoms with van der Waals surface area (Å²) in [6.45, 7) is 4.39. The molecule has 1 rings (SSSR count). The van der Waals surface area contributed by atoms with E-state index in [-0.39, 0.29) is 12.5 Å². The molecule has 1 aliphatic heterocycles. The van der Waals surface area contributed by atoms with E-state index in [0.29, 0.717) is 24.6 Å². The average Bonchev–Trinajstić information content (AvgIpc) is 2.36. The first-order valence-electron chi connectivity index (χ1n) is 6.47. The zero-order chi connectivity index (χ0) is 15.3. The molecule has 1 heterocycles. The summed E-state index contributed by atoms with van der Waals surface area (Å²) in [7, 11) is 0. The van der Waals surface area contributed by atoms with Crippen LogP contribution in [0.5, 0.6) is 0 Å². The quantitative estimate of drug-likeness (QED) is 0.747. The van der Waals surface area contributed by atoms with Crippen molar-refractivity contribution in [2.45, 2.75) is 19.9 Å². The van der Waals surface area contributed by atoms with E-state index in [1.165, 1.54) is 21.6 Å². The minimum Gasteiger partial charge on any atom is -0.480 e. The van der Waals surface area contributed by atoms with Gasteiger partial charge < -0.3 is 20.6 Å². The van der Waals surface area contributed by atoms with Crippen LogP contribution in [0.15, 0.2) is 0 Å². The van der Waals surface area contributed by atoms with Gasteiger partial charge in [0.05, 0.1) is 0 Å². The summed E-state index contributed by atoms with van der Waals surface area (Å²) in [5.74, 6) is -0.387. The van der Waals surface area contributed by atoms with Crippen molar-refractivity contribution in [2.75, 3.05) is 31.1 Å². The molecule has 1 unspecified atom stereocenters. The molecule has 7 nitrogen and oxygen atoms in total. The van der Waals surface area contributed by atoms with Gasteiger partial charge in [-0.05, 0) is 5.92 Å². The van der Waals surface area contributed by atoms with Gasteiger partial charge >= 0.3 is 12.0 Å². The number of primary amides is 1. The highest BCUT2D eigenvalue weighted by Gasteiger charge is 2.35. The number of carbonyl (C=O) groups excluding carboxylic acids is 2. The first kappa shape index (κ1) is 16.6.